The minimum Gasteiger partial charge on any atom is -0.307 e. The summed E-state index contributed by atoms with van der Waals surface area (Å²) in [6, 6.07) is 0.0718. The smallest absolute Gasteiger partial charge is 0.171 e. The van der Waals surface area contributed by atoms with E-state index in [2.05, 4.69) is 11.9 Å². The Balaban J connectivity index is 2.41. The van der Waals surface area contributed by atoms with Gasteiger partial charge in [0.15, 0.2) is 5.78 Å². The van der Waals surface area contributed by atoms with Crippen LogP contribution in [-0.2, 0) is 4.79 Å². The molecule has 2 heteroatoms. The standard InChI is InChI=1S/C7H11NO/c1-2-7(9)6-4-3-5-8-6/h2,6,8H,1,3-5H2. The van der Waals surface area contributed by atoms with Gasteiger partial charge in [-0.05, 0) is 25.5 Å². The van der Waals surface area contributed by atoms with Crippen LogP contribution in [0, 0.1) is 0 Å². The maximum absolute atomic E-state index is 10.8. The van der Waals surface area contributed by atoms with Crippen molar-refractivity contribution >= 4 is 5.78 Å². The van der Waals surface area contributed by atoms with Crippen LogP contribution >= 0.6 is 0 Å². The number of carbonyl (C=O) groups excluding carboxylic acids is 1. The number of ketones is 1. The molecule has 0 radical (unpaired) electrons. The highest BCUT2D eigenvalue weighted by Crippen LogP contribution is 2.05. The van der Waals surface area contributed by atoms with Crippen LogP contribution in [0.25, 0.3) is 0 Å². The molecule has 0 aromatic carbocycles. The van der Waals surface area contributed by atoms with Gasteiger partial charge in [-0.3, -0.25) is 4.79 Å². The zero-order chi connectivity index (χ0) is 6.69. The molecule has 50 valence electrons. The number of hydrogen-bond donors (Lipinski definition) is 1. The number of nitrogens with one attached hydrogen (secondary N) is 1. The quantitative estimate of drug-likeness (QED) is 0.544. The van der Waals surface area contributed by atoms with E-state index in [1.807, 2.05) is 0 Å². The third kappa shape index (κ3) is 1.39. The Labute approximate surface area is 54.9 Å². The second kappa shape index (κ2) is 2.78. The molecule has 1 atom stereocenters. The maximum Gasteiger partial charge on any atom is 0.171 e. The van der Waals surface area contributed by atoms with Gasteiger partial charge in [-0.2, -0.15) is 0 Å². The lowest BCUT2D eigenvalue weighted by Crippen LogP contribution is -2.28. The second-order valence-corrected chi connectivity index (χ2v) is 2.26. The maximum atomic E-state index is 10.8. The number of rotatable bonds is 2. The van der Waals surface area contributed by atoms with Crippen molar-refractivity contribution in [3.8, 4) is 0 Å². The summed E-state index contributed by atoms with van der Waals surface area (Å²) in [5, 5.41) is 3.09. The van der Waals surface area contributed by atoms with E-state index in [4.69, 9.17) is 0 Å². The van der Waals surface area contributed by atoms with Gasteiger partial charge in [-0.15, -0.1) is 0 Å². The highest BCUT2D eigenvalue weighted by molar-refractivity contribution is 5.93. The molecule has 0 aromatic heterocycles. The second-order valence-electron chi connectivity index (χ2n) is 2.26. The third-order valence-corrected chi connectivity index (χ3v) is 1.60. The molecular formula is C7H11NO. The van der Waals surface area contributed by atoms with E-state index in [0.29, 0.717) is 0 Å². The van der Waals surface area contributed by atoms with Crippen molar-refractivity contribution in [2.45, 2.75) is 18.9 Å². The van der Waals surface area contributed by atoms with E-state index >= 15 is 0 Å². The average Bonchev–Trinajstić information content (AvgIpc) is 2.37. The van der Waals surface area contributed by atoms with Crippen LogP contribution in [0.3, 0.4) is 0 Å². The molecule has 0 bridgehead atoms. The lowest BCUT2D eigenvalue weighted by Gasteiger charge is -2.02. The van der Waals surface area contributed by atoms with Crippen LogP contribution in [0.2, 0.25) is 0 Å². The summed E-state index contributed by atoms with van der Waals surface area (Å²) in [6.45, 7) is 4.39. The number of hydrogen-bond acceptors (Lipinski definition) is 2. The fourth-order valence-corrected chi connectivity index (χ4v) is 1.07. The van der Waals surface area contributed by atoms with Crippen LogP contribution in [0.5, 0.6) is 0 Å². The van der Waals surface area contributed by atoms with Gasteiger partial charge in [0.25, 0.3) is 0 Å². The summed E-state index contributed by atoms with van der Waals surface area (Å²) in [5.74, 6) is 0.132. The monoisotopic (exact) mass is 125 g/mol. The molecule has 1 aliphatic rings. The first kappa shape index (κ1) is 6.49. The van der Waals surface area contributed by atoms with Crippen LogP contribution in [0.1, 0.15) is 12.8 Å². The molecule has 2 nitrogen and oxygen atoms in total. The van der Waals surface area contributed by atoms with Crippen molar-refractivity contribution in [3.63, 3.8) is 0 Å². The normalized spacial score (nSPS) is 26.0. The Kier molecular flexibility index (Phi) is 2.01. The minimum absolute atomic E-state index is 0.0718. The Hall–Kier alpha value is -0.630. The molecule has 0 aliphatic carbocycles. The van der Waals surface area contributed by atoms with Gasteiger partial charge in [0.2, 0.25) is 0 Å². The molecule has 0 aromatic rings. The summed E-state index contributed by atoms with van der Waals surface area (Å²) in [7, 11) is 0. The zero-order valence-corrected chi connectivity index (χ0v) is 5.39. The molecule has 0 spiro atoms. The van der Waals surface area contributed by atoms with Gasteiger partial charge in [-0.25, -0.2) is 0 Å². The average molecular weight is 125 g/mol. The summed E-state index contributed by atoms with van der Waals surface area (Å²) in [6.07, 6.45) is 3.48. The number of carbonyl (C=O) groups is 1. The van der Waals surface area contributed by atoms with E-state index in [1.165, 1.54) is 6.08 Å². The third-order valence-electron chi connectivity index (χ3n) is 1.60. The molecule has 0 saturated carbocycles. The fourth-order valence-electron chi connectivity index (χ4n) is 1.07. The van der Waals surface area contributed by atoms with E-state index in [1.54, 1.807) is 0 Å². The Morgan fingerprint density at radius 3 is 3.00 bits per heavy atom. The van der Waals surface area contributed by atoms with E-state index in [-0.39, 0.29) is 11.8 Å². The van der Waals surface area contributed by atoms with Gasteiger partial charge in [-0.1, -0.05) is 6.58 Å². The first-order valence-electron chi connectivity index (χ1n) is 3.24. The Bertz CT molecular complexity index is 125. The zero-order valence-electron chi connectivity index (χ0n) is 5.39. The molecule has 1 aliphatic heterocycles. The predicted octanol–water partition coefficient (Wildman–Crippen LogP) is 0.493. The molecule has 9 heavy (non-hydrogen) atoms. The largest absolute Gasteiger partial charge is 0.307 e. The molecular weight excluding hydrogens is 114 g/mol. The Morgan fingerprint density at radius 1 is 1.78 bits per heavy atom. The van der Waals surface area contributed by atoms with Gasteiger partial charge >= 0.3 is 0 Å². The minimum atomic E-state index is 0.0718. The molecule has 1 saturated heterocycles. The van der Waals surface area contributed by atoms with Crippen LogP contribution in [0.15, 0.2) is 12.7 Å². The highest BCUT2D eigenvalue weighted by Gasteiger charge is 2.18. The lowest BCUT2D eigenvalue weighted by molar-refractivity contribution is -0.116. The van der Waals surface area contributed by atoms with Gasteiger partial charge < -0.3 is 5.32 Å². The lowest BCUT2D eigenvalue weighted by atomic mass is 10.1. The van der Waals surface area contributed by atoms with Gasteiger partial charge in [0, 0.05) is 0 Å². The van der Waals surface area contributed by atoms with Crippen LogP contribution < -0.4 is 5.32 Å². The van der Waals surface area contributed by atoms with E-state index < -0.39 is 0 Å². The first-order valence-corrected chi connectivity index (χ1v) is 3.24. The summed E-state index contributed by atoms with van der Waals surface area (Å²) < 4.78 is 0. The summed E-state index contributed by atoms with van der Waals surface area (Å²) >= 11 is 0. The van der Waals surface area contributed by atoms with Crippen molar-refractivity contribution in [1.29, 1.82) is 0 Å². The van der Waals surface area contributed by atoms with Crippen molar-refractivity contribution in [2.24, 2.45) is 0 Å². The SMILES string of the molecule is C=CC(=O)C1CCCN1. The molecule has 1 N–H and O–H groups in total. The van der Waals surface area contributed by atoms with Crippen molar-refractivity contribution in [2.75, 3.05) is 6.54 Å². The van der Waals surface area contributed by atoms with Crippen molar-refractivity contribution in [1.82, 2.24) is 5.32 Å². The molecule has 1 heterocycles. The summed E-state index contributed by atoms with van der Waals surface area (Å²) in [4.78, 5) is 10.8. The van der Waals surface area contributed by atoms with Crippen LogP contribution in [0.4, 0.5) is 0 Å². The fraction of sp³-hybridized carbons (Fsp3) is 0.571. The van der Waals surface area contributed by atoms with Gasteiger partial charge in [0.05, 0.1) is 6.04 Å². The summed E-state index contributed by atoms with van der Waals surface area (Å²) in [5.41, 5.74) is 0. The predicted molar refractivity (Wildman–Crippen MR) is 36.2 cm³/mol. The first-order chi connectivity index (χ1) is 4.34. The molecule has 1 unspecified atom stereocenters. The molecule has 0 amide bonds. The van der Waals surface area contributed by atoms with Crippen LogP contribution in [-0.4, -0.2) is 18.4 Å². The van der Waals surface area contributed by atoms with E-state index in [0.717, 1.165) is 19.4 Å². The van der Waals surface area contributed by atoms with Gasteiger partial charge in [0.1, 0.15) is 0 Å². The topological polar surface area (TPSA) is 29.1 Å². The van der Waals surface area contributed by atoms with E-state index in [9.17, 15) is 4.79 Å². The Morgan fingerprint density at radius 2 is 2.56 bits per heavy atom. The van der Waals surface area contributed by atoms with Crippen molar-refractivity contribution in [3.05, 3.63) is 12.7 Å². The molecule has 1 rings (SSSR count). The highest BCUT2D eigenvalue weighted by atomic mass is 16.1. The van der Waals surface area contributed by atoms with Crippen molar-refractivity contribution < 1.29 is 4.79 Å². The molecule has 1 fully saturated rings.